The number of aldehydes is 1. The number of hydrogen-bond acceptors (Lipinski definition) is 1. The maximum Gasteiger partial charge on any atom is 0.146 e. The molecule has 0 spiro atoms. The topological polar surface area (TPSA) is 17.1 Å². The lowest BCUT2D eigenvalue weighted by atomic mass is 10.0. The van der Waals surface area contributed by atoms with Crippen molar-refractivity contribution in [2.45, 2.75) is 59.8 Å². The summed E-state index contributed by atoms with van der Waals surface area (Å²) < 4.78 is 0. The van der Waals surface area contributed by atoms with E-state index in [9.17, 15) is 4.79 Å². The quantitative estimate of drug-likeness (QED) is 0.328. The van der Waals surface area contributed by atoms with E-state index in [2.05, 4.69) is 32.9 Å². The minimum atomic E-state index is 0.807. The molecule has 0 aromatic heterocycles. The molecule has 0 aromatic carbocycles. The molecule has 1 nitrogen and oxygen atoms in total. The zero-order chi connectivity index (χ0) is 13.1. The summed E-state index contributed by atoms with van der Waals surface area (Å²) in [7, 11) is 0. The molecule has 0 atom stereocenters. The fraction of sp³-hybridized carbons (Fsp3) is 0.562. The predicted molar refractivity (Wildman–Crippen MR) is 76.1 cm³/mol. The van der Waals surface area contributed by atoms with Crippen LogP contribution < -0.4 is 0 Å². The maximum absolute atomic E-state index is 10.8. The van der Waals surface area contributed by atoms with Gasteiger partial charge < -0.3 is 0 Å². The van der Waals surface area contributed by atoms with Gasteiger partial charge in [0.25, 0.3) is 0 Å². The van der Waals surface area contributed by atoms with E-state index >= 15 is 0 Å². The number of unbranched alkanes of at least 4 members (excludes halogenated alkanes) is 1. The van der Waals surface area contributed by atoms with Crippen molar-refractivity contribution in [1.82, 2.24) is 0 Å². The first kappa shape index (κ1) is 15.9. The van der Waals surface area contributed by atoms with E-state index in [0.717, 1.165) is 37.5 Å². The molecule has 1 heteroatoms. The van der Waals surface area contributed by atoms with E-state index in [1.54, 1.807) is 0 Å². The molecule has 0 saturated heterocycles. The number of allylic oxidation sites excluding steroid dienone is 6. The number of carbonyl (C=O) groups excluding carboxylic acids is 1. The third-order valence-electron chi connectivity index (χ3n) is 2.81. The van der Waals surface area contributed by atoms with E-state index in [-0.39, 0.29) is 0 Å². The Balaban J connectivity index is 4.95. The summed E-state index contributed by atoms with van der Waals surface area (Å²) in [5.41, 5.74) is 3.50. The molecule has 0 amide bonds. The Hall–Kier alpha value is -1.11. The van der Waals surface area contributed by atoms with Crippen LogP contribution in [-0.2, 0) is 4.79 Å². The third-order valence-corrected chi connectivity index (χ3v) is 2.81. The SMILES string of the molecule is CCC/C=C(/C=C(/C=C(\C=O)CC)CC)CC. The summed E-state index contributed by atoms with van der Waals surface area (Å²) >= 11 is 0. The molecule has 0 unspecified atom stereocenters. The first-order valence-corrected chi connectivity index (χ1v) is 6.77. The molecule has 0 bridgehead atoms. The number of rotatable bonds is 8. The Morgan fingerprint density at radius 2 is 1.35 bits per heavy atom. The van der Waals surface area contributed by atoms with Crippen molar-refractivity contribution in [1.29, 1.82) is 0 Å². The van der Waals surface area contributed by atoms with E-state index in [4.69, 9.17) is 0 Å². The Morgan fingerprint density at radius 1 is 0.824 bits per heavy atom. The van der Waals surface area contributed by atoms with Gasteiger partial charge >= 0.3 is 0 Å². The van der Waals surface area contributed by atoms with Gasteiger partial charge in [0.05, 0.1) is 0 Å². The average molecular weight is 234 g/mol. The highest BCUT2D eigenvalue weighted by Gasteiger charge is 1.96. The molecular weight excluding hydrogens is 208 g/mol. The van der Waals surface area contributed by atoms with Gasteiger partial charge in [-0.1, -0.05) is 57.9 Å². The van der Waals surface area contributed by atoms with Crippen LogP contribution in [0.2, 0.25) is 0 Å². The first-order valence-electron chi connectivity index (χ1n) is 6.77. The zero-order valence-electron chi connectivity index (χ0n) is 11.8. The molecule has 0 aliphatic rings. The van der Waals surface area contributed by atoms with Gasteiger partial charge in [-0.15, -0.1) is 0 Å². The van der Waals surface area contributed by atoms with Crippen LogP contribution in [0.5, 0.6) is 0 Å². The fourth-order valence-electron chi connectivity index (χ4n) is 1.58. The lowest BCUT2D eigenvalue weighted by Crippen LogP contribution is -1.86. The van der Waals surface area contributed by atoms with Crippen LogP contribution in [0.25, 0.3) is 0 Å². The minimum Gasteiger partial charge on any atom is -0.298 e. The summed E-state index contributed by atoms with van der Waals surface area (Å²) in [6, 6.07) is 0. The molecule has 0 rings (SSSR count). The second-order valence-electron chi connectivity index (χ2n) is 4.18. The summed E-state index contributed by atoms with van der Waals surface area (Å²) in [4.78, 5) is 10.8. The van der Waals surface area contributed by atoms with Crippen molar-refractivity contribution >= 4 is 6.29 Å². The van der Waals surface area contributed by atoms with Crippen LogP contribution in [-0.4, -0.2) is 6.29 Å². The highest BCUT2D eigenvalue weighted by atomic mass is 16.1. The molecule has 0 fully saturated rings. The highest BCUT2D eigenvalue weighted by Crippen LogP contribution is 2.14. The van der Waals surface area contributed by atoms with Crippen molar-refractivity contribution in [3.05, 3.63) is 34.9 Å². The van der Waals surface area contributed by atoms with Gasteiger partial charge in [-0.3, -0.25) is 4.79 Å². The van der Waals surface area contributed by atoms with Crippen LogP contribution in [0.4, 0.5) is 0 Å². The second-order valence-corrected chi connectivity index (χ2v) is 4.18. The minimum absolute atomic E-state index is 0.807. The molecule has 17 heavy (non-hydrogen) atoms. The van der Waals surface area contributed by atoms with Gasteiger partial charge in [0.15, 0.2) is 0 Å². The van der Waals surface area contributed by atoms with Gasteiger partial charge in [0.1, 0.15) is 6.29 Å². The second kappa shape index (κ2) is 10.1. The Kier molecular flexibility index (Phi) is 9.41. The standard InChI is InChI=1S/C16H26O/c1-5-9-10-14(6-2)11-15(7-3)12-16(8-4)13-17/h10-13H,5-9H2,1-4H3/b14-10+,15-11+,16-12-. The molecular formula is C16H26O. The lowest BCUT2D eigenvalue weighted by Gasteiger charge is -2.03. The highest BCUT2D eigenvalue weighted by molar-refractivity contribution is 5.74. The Bertz CT molecular complexity index is 305. The monoisotopic (exact) mass is 234 g/mol. The van der Waals surface area contributed by atoms with Gasteiger partial charge in [-0.2, -0.15) is 0 Å². The molecule has 0 aliphatic heterocycles. The summed E-state index contributed by atoms with van der Waals surface area (Å²) in [6.07, 6.45) is 12.7. The molecule has 0 N–H and O–H groups in total. The normalized spacial score (nSPS) is 14.0. The molecule has 0 heterocycles. The van der Waals surface area contributed by atoms with Crippen molar-refractivity contribution in [2.24, 2.45) is 0 Å². The summed E-state index contributed by atoms with van der Waals surface area (Å²) in [5.74, 6) is 0. The summed E-state index contributed by atoms with van der Waals surface area (Å²) in [6.45, 7) is 8.51. The van der Waals surface area contributed by atoms with Crippen LogP contribution in [0.3, 0.4) is 0 Å². The van der Waals surface area contributed by atoms with E-state index in [0.29, 0.717) is 0 Å². The fourth-order valence-corrected chi connectivity index (χ4v) is 1.58. The van der Waals surface area contributed by atoms with Crippen molar-refractivity contribution in [2.75, 3.05) is 0 Å². The van der Waals surface area contributed by atoms with Crippen LogP contribution >= 0.6 is 0 Å². The van der Waals surface area contributed by atoms with Crippen molar-refractivity contribution in [3.63, 3.8) is 0 Å². The molecule has 0 aromatic rings. The third kappa shape index (κ3) is 6.93. The molecule has 0 aliphatic carbocycles. The molecule has 0 radical (unpaired) electrons. The molecule has 0 saturated carbocycles. The predicted octanol–water partition coefficient (Wildman–Crippen LogP) is 4.99. The lowest BCUT2D eigenvalue weighted by molar-refractivity contribution is -0.105. The maximum atomic E-state index is 10.8. The summed E-state index contributed by atoms with van der Waals surface area (Å²) in [5, 5.41) is 0. The van der Waals surface area contributed by atoms with E-state index in [1.165, 1.54) is 17.6 Å². The average Bonchev–Trinajstić information content (AvgIpc) is 2.38. The largest absolute Gasteiger partial charge is 0.298 e. The first-order chi connectivity index (χ1) is 8.21. The number of hydrogen-bond donors (Lipinski definition) is 0. The van der Waals surface area contributed by atoms with Gasteiger partial charge in [-0.05, 0) is 36.8 Å². The Labute approximate surface area is 106 Å². The van der Waals surface area contributed by atoms with Crippen LogP contribution in [0, 0.1) is 0 Å². The van der Waals surface area contributed by atoms with Gasteiger partial charge in [-0.25, -0.2) is 0 Å². The van der Waals surface area contributed by atoms with Gasteiger partial charge in [0, 0.05) is 0 Å². The Morgan fingerprint density at radius 3 is 1.76 bits per heavy atom. The smallest absolute Gasteiger partial charge is 0.146 e. The van der Waals surface area contributed by atoms with Crippen molar-refractivity contribution < 1.29 is 4.79 Å². The zero-order valence-corrected chi connectivity index (χ0v) is 11.8. The van der Waals surface area contributed by atoms with Crippen molar-refractivity contribution in [3.8, 4) is 0 Å². The van der Waals surface area contributed by atoms with E-state index < -0.39 is 0 Å². The molecule has 96 valence electrons. The van der Waals surface area contributed by atoms with Crippen LogP contribution in [0.1, 0.15) is 59.8 Å². The van der Waals surface area contributed by atoms with Gasteiger partial charge in [0.2, 0.25) is 0 Å². The van der Waals surface area contributed by atoms with E-state index in [1.807, 2.05) is 13.0 Å². The van der Waals surface area contributed by atoms with Crippen LogP contribution in [0.15, 0.2) is 34.9 Å². The number of carbonyl (C=O) groups is 1.